The second-order valence-electron chi connectivity index (χ2n) is 5.49. The highest BCUT2D eigenvalue weighted by Crippen LogP contribution is 2.24. The molecule has 0 spiro atoms. The van der Waals surface area contributed by atoms with Crippen LogP contribution in [0.3, 0.4) is 0 Å². The molecule has 1 fully saturated rings. The number of ether oxygens (including phenoxy) is 2. The van der Waals surface area contributed by atoms with Crippen LogP contribution in [0.5, 0.6) is 17.2 Å². The minimum Gasteiger partial charge on any atom is -0.492 e. The number of hydrogen-bond donors (Lipinski definition) is 1. The Bertz CT molecular complexity index is 563. The zero-order valence-corrected chi connectivity index (χ0v) is 13.6. The van der Waals surface area contributed by atoms with E-state index in [0.29, 0.717) is 6.04 Å². The molecule has 1 saturated heterocycles. The van der Waals surface area contributed by atoms with Crippen molar-refractivity contribution in [2.45, 2.75) is 25.8 Å². The molecule has 1 aliphatic heterocycles. The minimum absolute atomic E-state index is 0. The molecule has 0 aliphatic carbocycles. The highest BCUT2D eigenvalue weighted by Gasteiger charge is 2.14. The van der Waals surface area contributed by atoms with Gasteiger partial charge < -0.3 is 14.8 Å². The predicted octanol–water partition coefficient (Wildman–Crippen LogP) is 4.34. The number of rotatable bonds is 5. The number of aryl methyl sites for hydroxylation is 1. The van der Waals surface area contributed by atoms with Crippen LogP contribution in [-0.2, 0) is 0 Å². The minimum atomic E-state index is 0. The number of benzene rings is 2. The maximum Gasteiger partial charge on any atom is 0.127 e. The molecule has 0 saturated carbocycles. The van der Waals surface area contributed by atoms with E-state index in [1.54, 1.807) is 0 Å². The highest BCUT2D eigenvalue weighted by molar-refractivity contribution is 5.85. The molecule has 0 amide bonds. The van der Waals surface area contributed by atoms with E-state index in [0.717, 1.165) is 30.4 Å². The molecule has 3 nitrogen and oxygen atoms in total. The van der Waals surface area contributed by atoms with Gasteiger partial charge in [0.1, 0.15) is 23.9 Å². The summed E-state index contributed by atoms with van der Waals surface area (Å²) in [5, 5.41) is 3.43. The van der Waals surface area contributed by atoms with Crippen molar-refractivity contribution in [1.29, 1.82) is 0 Å². The van der Waals surface area contributed by atoms with Crippen LogP contribution in [0.2, 0.25) is 0 Å². The van der Waals surface area contributed by atoms with Crippen LogP contribution in [0, 0.1) is 6.92 Å². The number of halogens is 1. The van der Waals surface area contributed by atoms with E-state index in [9.17, 15) is 0 Å². The lowest BCUT2D eigenvalue weighted by Gasteiger charge is -2.12. The van der Waals surface area contributed by atoms with Gasteiger partial charge in [-0.1, -0.05) is 17.7 Å². The third-order valence-electron chi connectivity index (χ3n) is 3.69. The van der Waals surface area contributed by atoms with Gasteiger partial charge in [-0.3, -0.25) is 0 Å². The summed E-state index contributed by atoms with van der Waals surface area (Å²) in [6.07, 6.45) is 2.45. The van der Waals surface area contributed by atoms with Crippen molar-refractivity contribution in [3.05, 3.63) is 54.1 Å². The fraction of sp³-hybridized carbons (Fsp3) is 0.333. The fourth-order valence-electron chi connectivity index (χ4n) is 2.44. The lowest BCUT2D eigenvalue weighted by Crippen LogP contribution is -2.28. The van der Waals surface area contributed by atoms with E-state index in [-0.39, 0.29) is 12.4 Å². The Morgan fingerprint density at radius 3 is 2.14 bits per heavy atom. The van der Waals surface area contributed by atoms with Gasteiger partial charge in [-0.25, -0.2) is 0 Å². The number of hydrogen-bond acceptors (Lipinski definition) is 3. The molecule has 1 aliphatic rings. The van der Waals surface area contributed by atoms with Gasteiger partial charge in [0.2, 0.25) is 0 Å². The van der Waals surface area contributed by atoms with Gasteiger partial charge in [0, 0.05) is 6.04 Å². The van der Waals surface area contributed by atoms with Crippen molar-refractivity contribution < 1.29 is 9.47 Å². The second kappa shape index (κ2) is 8.06. The monoisotopic (exact) mass is 319 g/mol. The standard InChI is InChI=1S/C18H21NO2.ClH/c1-14-4-6-17(7-5-14)21-18-10-8-16(9-11-18)20-13-15-3-2-12-19-15;/h4-11,15,19H,2-3,12-13H2,1H3;1H/t15-;/m1./s1. The predicted molar refractivity (Wildman–Crippen MR) is 91.5 cm³/mol. The average Bonchev–Trinajstić information content (AvgIpc) is 3.02. The van der Waals surface area contributed by atoms with Crippen LogP contribution in [0.25, 0.3) is 0 Å². The van der Waals surface area contributed by atoms with E-state index in [4.69, 9.17) is 9.47 Å². The molecule has 3 rings (SSSR count). The molecule has 0 aromatic heterocycles. The zero-order chi connectivity index (χ0) is 14.5. The first-order valence-corrected chi connectivity index (χ1v) is 7.50. The molecule has 2 aromatic rings. The average molecular weight is 320 g/mol. The second-order valence-corrected chi connectivity index (χ2v) is 5.49. The smallest absolute Gasteiger partial charge is 0.127 e. The lowest BCUT2D eigenvalue weighted by atomic mass is 10.2. The van der Waals surface area contributed by atoms with Gasteiger partial charge in [-0.2, -0.15) is 0 Å². The van der Waals surface area contributed by atoms with E-state index in [1.807, 2.05) is 48.5 Å². The normalized spacial score (nSPS) is 16.9. The largest absolute Gasteiger partial charge is 0.492 e. The topological polar surface area (TPSA) is 30.5 Å². The van der Waals surface area contributed by atoms with Gasteiger partial charge in [0.05, 0.1) is 0 Å². The van der Waals surface area contributed by atoms with Crippen molar-refractivity contribution in [3.8, 4) is 17.2 Å². The van der Waals surface area contributed by atoms with Gasteiger partial charge in [-0.15, -0.1) is 12.4 Å². The van der Waals surface area contributed by atoms with E-state index < -0.39 is 0 Å². The maximum absolute atomic E-state index is 5.80. The van der Waals surface area contributed by atoms with Crippen molar-refractivity contribution in [1.82, 2.24) is 5.32 Å². The first kappa shape index (κ1) is 16.7. The summed E-state index contributed by atoms with van der Waals surface area (Å²) in [6, 6.07) is 16.3. The maximum atomic E-state index is 5.80. The van der Waals surface area contributed by atoms with Gasteiger partial charge in [0.15, 0.2) is 0 Å². The summed E-state index contributed by atoms with van der Waals surface area (Å²) in [5.74, 6) is 2.56. The molecular formula is C18H22ClNO2. The Balaban J connectivity index is 0.00000176. The Labute approximate surface area is 138 Å². The first-order valence-electron chi connectivity index (χ1n) is 7.50. The Morgan fingerprint density at radius 1 is 0.955 bits per heavy atom. The van der Waals surface area contributed by atoms with Gasteiger partial charge >= 0.3 is 0 Å². The molecule has 0 unspecified atom stereocenters. The summed E-state index contributed by atoms with van der Waals surface area (Å²) in [6.45, 7) is 3.91. The molecule has 1 N–H and O–H groups in total. The SMILES string of the molecule is Cc1ccc(Oc2ccc(OC[C@H]3CCCN3)cc2)cc1.Cl. The fourth-order valence-corrected chi connectivity index (χ4v) is 2.44. The lowest BCUT2D eigenvalue weighted by molar-refractivity contribution is 0.277. The molecule has 2 aromatic carbocycles. The van der Waals surface area contributed by atoms with Gasteiger partial charge in [0.25, 0.3) is 0 Å². The molecule has 4 heteroatoms. The number of nitrogens with one attached hydrogen (secondary N) is 1. The molecular weight excluding hydrogens is 298 g/mol. The van der Waals surface area contributed by atoms with Gasteiger partial charge in [-0.05, 0) is 62.7 Å². The molecule has 22 heavy (non-hydrogen) atoms. The van der Waals surface area contributed by atoms with E-state index in [1.165, 1.54) is 18.4 Å². The Kier molecular flexibility index (Phi) is 6.10. The van der Waals surface area contributed by atoms with Crippen molar-refractivity contribution in [2.24, 2.45) is 0 Å². The summed E-state index contributed by atoms with van der Waals surface area (Å²) in [5.41, 5.74) is 1.23. The van der Waals surface area contributed by atoms with Crippen molar-refractivity contribution in [3.63, 3.8) is 0 Å². The zero-order valence-electron chi connectivity index (χ0n) is 12.7. The third-order valence-corrected chi connectivity index (χ3v) is 3.69. The van der Waals surface area contributed by atoms with E-state index >= 15 is 0 Å². The van der Waals surface area contributed by atoms with Crippen LogP contribution in [-0.4, -0.2) is 19.2 Å². The van der Waals surface area contributed by atoms with Crippen LogP contribution < -0.4 is 14.8 Å². The summed E-state index contributed by atoms with van der Waals surface area (Å²) >= 11 is 0. The molecule has 0 radical (unpaired) electrons. The van der Waals surface area contributed by atoms with Crippen LogP contribution in [0.4, 0.5) is 0 Å². The van der Waals surface area contributed by atoms with Crippen molar-refractivity contribution >= 4 is 12.4 Å². The Morgan fingerprint density at radius 2 is 1.55 bits per heavy atom. The van der Waals surface area contributed by atoms with Crippen LogP contribution in [0.15, 0.2) is 48.5 Å². The first-order chi connectivity index (χ1) is 10.3. The summed E-state index contributed by atoms with van der Waals surface area (Å²) in [4.78, 5) is 0. The molecule has 0 bridgehead atoms. The Hall–Kier alpha value is -1.71. The third kappa shape index (κ3) is 4.65. The highest BCUT2D eigenvalue weighted by atomic mass is 35.5. The van der Waals surface area contributed by atoms with Crippen LogP contribution >= 0.6 is 12.4 Å². The molecule has 118 valence electrons. The van der Waals surface area contributed by atoms with Crippen LogP contribution in [0.1, 0.15) is 18.4 Å². The quantitative estimate of drug-likeness (QED) is 0.889. The van der Waals surface area contributed by atoms with Crippen molar-refractivity contribution in [2.75, 3.05) is 13.2 Å². The molecule has 1 heterocycles. The summed E-state index contributed by atoms with van der Waals surface area (Å²) < 4.78 is 11.6. The summed E-state index contributed by atoms with van der Waals surface area (Å²) in [7, 11) is 0. The van der Waals surface area contributed by atoms with E-state index in [2.05, 4.69) is 12.2 Å². The molecule has 1 atom stereocenters.